The van der Waals surface area contributed by atoms with Crippen molar-refractivity contribution in [3.63, 3.8) is 0 Å². The number of aromatic nitrogens is 1. The van der Waals surface area contributed by atoms with Gasteiger partial charge in [-0.2, -0.15) is 0 Å². The lowest BCUT2D eigenvalue weighted by Crippen LogP contribution is -2.60. The molecular weight excluding hydrogens is 800 g/mol. The standard InChI is InChI=1S/C62H59BN2O/c1-58(2,3)34-22-26-37(27-23-34)65-48-33-40-38-18-14-16-20-44(38)61(10,11)46(40)32-42(48)51-50-39-19-15-17-21-45(39)62(12,13)53(50)52-41-30-35(59(4,5)6)24-28-47(41)64-55-43-31-36(60(7,8)9)25-29-49(43)66-57(55)63(65)54(51)56(52)64/h14-33H,1-13H3. The van der Waals surface area contributed by atoms with Crippen LogP contribution in [0.2, 0.25) is 0 Å². The molecule has 7 aromatic carbocycles. The van der Waals surface area contributed by atoms with Crippen molar-refractivity contribution < 1.29 is 4.42 Å². The first kappa shape index (κ1) is 40.1. The molecule has 4 heterocycles. The molecule has 9 aromatic rings. The molecule has 326 valence electrons. The zero-order chi connectivity index (χ0) is 45.9. The van der Waals surface area contributed by atoms with Crippen molar-refractivity contribution >= 4 is 62.1 Å². The topological polar surface area (TPSA) is 21.3 Å². The molecular formula is C62H59BN2O. The maximum Gasteiger partial charge on any atom is 0.375 e. The zero-order valence-electron chi connectivity index (χ0n) is 40.9. The molecule has 66 heavy (non-hydrogen) atoms. The molecule has 0 atom stereocenters. The molecule has 0 unspecified atom stereocenters. The van der Waals surface area contributed by atoms with Crippen LogP contribution in [-0.2, 0) is 27.1 Å². The Hall–Kier alpha value is -6.26. The molecule has 4 heteroatoms. The number of rotatable bonds is 1. The molecule has 13 rings (SSSR count). The summed E-state index contributed by atoms with van der Waals surface area (Å²) in [6, 6.07) is 47.3. The quantitative estimate of drug-likeness (QED) is 0.153. The molecule has 0 fully saturated rings. The van der Waals surface area contributed by atoms with Gasteiger partial charge in [0.15, 0.2) is 0 Å². The van der Waals surface area contributed by atoms with Crippen molar-refractivity contribution in [3.8, 4) is 39.1 Å². The number of benzene rings is 7. The monoisotopic (exact) mass is 858 g/mol. The van der Waals surface area contributed by atoms with Crippen LogP contribution in [0, 0.1) is 0 Å². The van der Waals surface area contributed by atoms with E-state index < -0.39 is 0 Å². The Kier molecular flexibility index (Phi) is 7.52. The number of nitrogens with zero attached hydrogens (tertiary/aromatic N) is 2. The summed E-state index contributed by atoms with van der Waals surface area (Å²) in [6.07, 6.45) is 0. The summed E-state index contributed by atoms with van der Waals surface area (Å²) in [5, 5.41) is 3.87. The van der Waals surface area contributed by atoms with Gasteiger partial charge in [0.1, 0.15) is 11.2 Å². The van der Waals surface area contributed by atoms with Crippen LogP contribution in [0.25, 0.3) is 71.8 Å². The van der Waals surface area contributed by atoms with Gasteiger partial charge in [-0.3, -0.25) is 0 Å². The molecule has 2 aliphatic carbocycles. The highest BCUT2D eigenvalue weighted by Gasteiger charge is 2.52. The van der Waals surface area contributed by atoms with Gasteiger partial charge in [-0.15, -0.1) is 0 Å². The first-order valence-electron chi connectivity index (χ1n) is 24.2. The molecule has 3 nitrogen and oxygen atoms in total. The van der Waals surface area contributed by atoms with E-state index in [1.807, 2.05) is 0 Å². The maximum atomic E-state index is 7.53. The first-order chi connectivity index (χ1) is 31.2. The summed E-state index contributed by atoms with van der Waals surface area (Å²) in [4.78, 5) is 2.67. The van der Waals surface area contributed by atoms with Crippen LogP contribution in [0.5, 0.6) is 0 Å². The van der Waals surface area contributed by atoms with Crippen molar-refractivity contribution in [2.75, 3.05) is 4.81 Å². The second-order valence-electron chi connectivity index (χ2n) is 24.2. The number of anilines is 2. The zero-order valence-corrected chi connectivity index (χ0v) is 40.9. The third kappa shape index (κ3) is 4.95. The molecule has 0 saturated heterocycles. The number of fused-ring (bicyclic) bond motifs is 18. The number of furan rings is 1. The van der Waals surface area contributed by atoms with E-state index in [1.165, 1.54) is 122 Å². The Morgan fingerprint density at radius 2 is 1.11 bits per heavy atom. The van der Waals surface area contributed by atoms with Crippen molar-refractivity contribution in [2.24, 2.45) is 0 Å². The molecule has 4 aliphatic rings. The van der Waals surface area contributed by atoms with Crippen LogP contribution in [0.4, 0.5) is 11.4 Å². The molecule has 0 bridgehead atoms. The minimum absolute atomic E-state index is 0.0162. The Balaban J connectivity index is 1.29. The van der Waals surface area contributed by atoms with Gasteiger partial charge in [0.05, 0.1) is 16.7 Å². The summed E-state index contributed by atoms with van der Waals surface area (Å²) < 4.78 is 10.2. The molecule has 0 N–H and O–H groups in total. The first-order valence-corrected chi connectivity index (χ1v) is 24.2. The summed E-state index contributed by atoms with van der Waals surface area (Å²) in [5.41, 5.74) is 26.5. The van der Waals surface area contributed by atoms with Gasteiger partial charge < -0.3 is 13.8 Å². The van der Waals surface area contributed by atoms with Crippen molar-refractivity contribution in [3.05, 3.63) is 160 Å². The molecule has 0 radical (unpaired) electrons. The minimum atomic E-state index is -0.266. The minimum Gasteiger partial charge on any atom is -0.466 e. The lowest BCUT2D eigenvalue weighted by atomic mass is 9.45. The molecule has 0 saturated carbocycles. The van der Waals surface area contributed by atoms with E-state index in [-0.39, 0.29) is 33.9 Å². The Labute approximate surface area is 390 Å². The second-order valence-corrected chi connectivity index (χ2v) is 24.2. The van der Waals surface area contributed by atoms with Crippen LogP contribution in [0.15, 0.2) is 126 Å². The Morgan fingerprint density at radius 3 is 1.77 bits per heavy atom. The van der Waals surface area contributed by atoms with Gasteiger partial charge in [-0.25, -0.2) is 0 Å². The summed E-state index contributed by atoms with van der Waals surface area (Å²) in [5.74, 6) is 0. The van der Waals surface area contributed by atoms with Crippen LogP contribution >= 0.6 is 0 Å². The van der Waals surface area contributed by atoms with Gasteiger partial charge in [0.2, 0.25) is 0 Å². The lowest BCUT2D eigenvalue weighted by Gasteiger charge is -2.42. The van der Waals surface area contributed by atoms with Crippen molar-refractivity contribution in [2.45, 2.75) is 117 Å². The van der Waals surface area contributed by atoms with E-state index in [0.29, 0.717) is 0 Å². The highest BCUT2D eigenvalue weighted by atomic mass is 16.3. The van der Waals surface area contributed by atoms with E-state index in [1.54, 1.807) is 0 Å². The number of hydrogen-bond acceptors (Lipinski definition) is 2. The average molecular weight is 859 g/mol. The van der Waals surface area contributed by atoms with E-state index in [2.05, 4.69) is 221 Å². The molecule has 2 aliphatic heterocycles. The Morgan fingerprint density at radius 1 is 0.515 bits per heavy atom. The highest BCUT2D eigenvalue weighted by Crippen LogP contribution is 2.61. The van der Waals surface area contributed by atoms with E-state index >= 15 is 0 Å². The van der Waals surface area contributed by atoms with Gasteiger partial charge in [0.25, 0.3) is 0 Å². The fourth-order valence-electron chi connectivity index (χ4n) is 12.9. The average Bonchev–Trinajstić information content (AvgIpc) is 3.95. The van der Waals surface area contributed by atoms with E-state index in [4.69, 9.17) is 4.42 Å². The lowest BCUT2D eigenvalue weighted by molar-refractivity contribution is 0.590. The van der Waals surface area contributed by atoms with Crippen molar-refractivity contribution in [1.82, 2.24) is 4.57 Å². The number of hydrogen-bond donors (Lipinski definition) is 0. The fraction of sp³-hybridized carbons (Fsp3) is 0.290. The maximum absolute atomic E-state index is 7.53. The van der Waals surface area contributed by atoms with Crippen LogP contribution in [0.3, 0.4) is 0 Å². The summed E-state index contributed by atoms with van der Waals surface area (Å²) in [6.45, 7) is 30.5. The van der Waals surface area contributed by atoms with Crippen molar-refractivity contribution in [1.29, 1.82) is 0 Å². The van der Waals surface area contributed by atoms with Gasteiger partial charge in [0, 0.05) is 43.9 Å². The molecule has 2 aromatic heterocycles. The second kappa shape index (κ2) is 12.4. The van der Waals surface area contributed by atoms with E-state index in [0.717, 1.165) is 11.2 Å². The van der Waals surface area contributed by atoms with Crippen LogP contribution < -0.4 is 15.9 Å². The molecule has 0 spiro atoms. The fourth-order valence-corrected chi connectivity index (χ4v) is 12.9. The Bertz CT molecular complexity index is 3640. The molecule has 0 amide bonds. The predicted molar refractivity (Wildman–Crippen MR) is 281 cm³/mol. The van der Waals surface area contributed by atoms with Gasteiger partial charge >= 0.3 is 6.85 Å². The predicted octanol–water partition coefficient (Wildman–Crippen LogP) is 15.3. The third-order valence-electron chi connectivity index (χ3n) is 16.4. The summed E-state index contributed by atoms with van der Waals surface area (Å²) >= 11 is 0. The van der Waals surface area contributed by atoms with Gasteiger partial charge in [-0.1, -0.05) is 163 Å². The SMILES string of the molecule is CC(C)(C)c1ccc(N2B3c4oc5ccc(C(C)(C)C)cc5c4-n4c5ccc(C(C)(C)C)cc5c5c6c(c(c3c54)-c3cc4c(cc32)-c2ccccc2C4(C)C)-c2ccccc2C6(C)C)cc1. The van der Waals surface area contributed by atoms with Gasteiger partial charge in [-0.05, 0) is 137 Å². The normalized spacial score (nSPS) is 16.1. The van der Waals surface area contributed by atoms with E-state index in [9.17, 15) is 0 Å². The largest absolute Gasteiger partial charge is 0.466 e. The smallest absolute Gasteiger partial charge is 0.375 e. The highest BCUT2D eigenvalue weighted by molar-refractivity contribution is 6.93. The van der Waals surface area contributed by atoms with Crippen LogP contribution in [-0.4, -0.2) is 11.4 Å². The summed E-state index contributed by atoms with van der Waals surface area (Å²) in [7, 11) is 0. The third-order valence-corrected chi connectivity index (χ3v) is 16.4. The van der Waals surface area contributed by atoms with Crippen LogP contribution in [0.1, 0.15) is 129 Å².